The summed E-state index contributed by atoms with van der Waals surface area (Å²) in [6, 6.07) is 19.3. The smallest absolute Gasteiger partial charge is 0.255 e. The van der Waals surface area contributed by atoms with Gasteiger partial charge in [0.15, 0.2) is 0 Å². The Hall–Kier alpha value is -3.46. The van der Waals surface area contributed by atoms with E-state index in [1.54, 1.807) is 46.6 Å². The van der Waals surface area contributed by atoms with Gasteiger partial charge in [0.2, 0.25) is 0 Å². The number of thiophene rings is 2. The Morgan fingerprint density at radius 2 is 1.77 bits per heavy atom. The van der Waals surface area contributed by atoms with Crippen LogP contribution in [0.3, 0.4) is 0 Å². The van der Waals surface area contributed by atoms with Crippen LogP contribution in [0.5, 0.6) is 0 Å². The highest BCUT2D eigenvalue weighted by Crippen LogP contribution is 2.42. The lowest BCUT2D eigenvalue weighted by Gasteiger charge is -2.14. The zero-order valence-corrected chi connectivity index (χ0v) is 20.9. The largest absolute Gasteiger partial charge is 0.397 e. The average Bonchev–Trinajstić information content (AvgIpc) is 3.67. The minimum Gasteiger partial charge on any atom is -0.397 e. The highest BCUT2D eigenvalue weighted by Gasteiger charge is 2.23. The zero-order chi connectivity index (χ0) is 23.8. The quantitative estimate of drug-likeness (QED) is 0.237. The summed E-state index contributed by atoms with van der Waals surface area (Å²) < 4.78 is 0. The molecule has 0 saturated heterocycles. The van der Waals surface area contributed by atoms with E-state index in [1.807, 2.05) is 53.2 Å². The highest BCUT2D eigenvalue weighted by molar-refractivity contribution is 8.02. The molecule has 4 heterocycles. The second-order valence-electron chi connectivity index (χ2n) is 8.10. The van der Waals surface area contributed by atoms with Crippen LogP contribution in [-0.4, -0.2) is 15.9 Å². The van der Waals surface area contributed by atoms with Crippen LogP contribution < -0.4 is 11.1 Å². The van der Waals surface area contributed by atoms with Gasteiger partial charge in [0.05, 0.1) is 38.2 Å². The van der Waals surface area contributed by atoms with E-state index in [-0.39, 0.29) is 11.2 Å². The maximum absolute atomic E-state index is 13.2. The van der Waals surface area contributed by atoms with E-state index in [0.29, 0.717) is 22.5 Å². The molecule has 2 aromatic carbocycles. The molecule has 3 N–H and O–H groups in total. The Bertz CT molecular complexity index is 1550. The molecule has 1 atom stereocenters. The number of nitrogens with zero attached hydrogens (tertiary/aromatic N) is 2. The Morgan fingerprint density at radius 1 is 0.943 bits per heavy atom. The molecule has 5 aromatic rings. The number of nitrogens with two attached hydrogens (primary N) is 1. The molecule has 1 aliphatic rings. The summed E-state index contributed by atoms with van der Waals surface area (Å²) in [5, 5.41) is 9.43. The van der Waals surface area contributed by atoms with Crippen LogP contribution in [-0.2, 0) is 0 Å². The monoisotopic (exact) mass is 512 g/mol. The SMILES string of the molecule is Nc1ccc(-c2cccs2)cc1NC(=O)c1ccc2nc(C3CC=CS3)c(-c3cccs3)nc2c1. The number of aromatic nitrogens is 2. The minimum atomic E-state index is -0.235. The van der Waals surface area contributed by atoms with Gasteiger partial charge in [-0.2, -0.15) is 0 Å². The first-order valence-electron chi connectivity index (χ1n) is 11.1. The molecule has 8 heteroatoms. The lowest BCUT2D eigenvalue weighted by Crippen LogP contribution is -2.13. The molecule has 35 heavy (non-hydrogen) atoms. The first-order chi connectivity index (χ1) is 17.2. The number of hydrogen-bond acceptors (Lipinski definition) is 7. The fourth-order valence-corrected chi connectivity index (χ4v) is 6.42. The van der Waals surface area contributed by atoms with Gasteiger partial charge in [0.1, 0.15) is 5.69 Å². The van der Waals surface area contributed by atoms with Crippen LogP contribution in [0.1, 0.15) is 27.7 Å². The summed E-state index contributed by atoms with van der Waals surface area (Å²) in [6.45, 7) is 0. The van der Waals surface area contributed by atoms with E-state index < -0.39 is 0 Å². The standard InChI is InChI=1S/C27H20N4OS3/c28-18-9-7-16(22-4-1-11-33-22)14-20(18)31-27(32)17-8-10-19-21(15-17)30-26(24-6-3-13-35-24)25(29-19)23-5-2-12-34-23/h1-4,6-15,23H,5,28H2,(H,31,32). The average molecular weight is 513 g/mol. The lowest BCUT2D eigenvalue weighted by molar-refractivity contribution is 0.102. The first kappa shape index (κ1) is 22.0. The summed E-state index contributed by atoms with van der Waals surface area (Å²) in [5.41, 5.74) is 12.2. The minimum absolute atomic E-state index is 0.235. The molecule has 0 spiro atoms. The topological polar surface area (TPSA) is 80.9 Å². The van der Waals surface area contributed by atoms with E-state index in [4.69, 9.17) is 15.7 Å². The molecule has 1 aliphatic heterocycles. The molecule has 0 bridgehead atoms. The number of benzene rings is 2. The van der Waals surface area contributed by atoms with Crippen molar-refractivity contribution >= 4 is 62.8 Å². The molecule has 1 amide bonds. The molecule has 0 radical (unpaired) electrons. The van der Waals surface area contributed by atoms with Gasteiger partial charge in [-0.15, -0.1) is 34.4 Å². The van der Waals surface area contributed by atoms with Crippen LogP contribution in [0, 0.1) is 0 Å². The van der Waals surface area contributed by atoms with E-state index >= 15 is 0 Å². The third-order valence-corrected chi connectivity index (χ3v) is 8.70. The second kappa shape index (κ2) is 9.30. The number of hydrogen-bond donors (Lipinski definition) is 2. The van der Waals surface area contributed by atoms with Crippen molar-refractivity contribution in [1.82, 2.24) is 9.97 Å². The van der Waals surface area contributed by atoms with Crippen molar-refractivity contribution in [3.8, 4) is 21.0 Å². The third-order valence-electron chi connectivity index (χ3n) is 5.81. The molecule has 0 aliphatic carbocycles. The fourth-order valence-electron chi connectivity index (χ4n) is 4.04. The summed E-state index contributed by atoms with van der Waals surface area (Å²) >= 11 is 5.06. The molecule has 5 nitrogen and oxygen atoms in total. The van der Waals surface area contributed by atoms with Gasteiger partial charge in [-0.05, 0) is 70.6 Å². The van der Waals surface area contributed by atoms with Gasteiger partial charge in [-0.25, -0.2) is 9.97 Å². The summed E-state index contributed by atoms with van der Waals surface area (Å²) in [7, 11) is 0. The molecule has 172 valence electrons. The number of allylic oxidation sites excluding steroid dienone is 1. The van der Waals surface area contributed by atoms with Crippen molar-refractivity contribution in [3.05, 3.63) is 94.2 Å². The number of nitrogens with one attached hydrogen (secondary N) is 1. The van der Waals surface area contributed by atoms with Gasteiger partial charge < -0.3 is 11.1 Å². The number of nitrogen functional groups attached to an aromatic ring is 1. The number of carbonyl (C=O) groups excluding carboxylic acids is 1. The zero-order valence-electron chi connectivity index (χ0n) is 18.5. The van der Waals surface area contributed by atoms with E-state index in [0.717, 1.165) is 38.6 Å². The predicted molar refractivity (Wildman–Crippen MR) is 149 cm³/mol. The van der Waals surface area contributed by atoms with Crippen molar-refractivity contribution in [1.29, 1.82) is 0 Å². The molecular formula is C27H20N4OS3. The van der Waals surface area contributed by atoms with Crippen LogP contribution in [0.15, 0.2) is 82.9 Å². The normalized spacial score (nSPS) is 15.0. The maximum atomic E-state index is 13.2. The van der Waals surface area contributed by atoms with Crippen molar-refractivity contribution in [3.63, 3.8) is 0 Å². The van der Waals surface area contributed by atoms with Gasteiger partial charge in [-0.1, -0.05) is 24.3 Å². The number of anilines is 2. The third kappa shape index (κ3) is 4.36. The maximum Gasteiger partial charge on any atom is 0.255 e. The molecule has 0 saturated carbocycles. The highest BCUT2D eigenvalue weighted by atomic mass is 32.2. The van der Waals surface area contributed by atoms with Crippen LogP contribution in [0.25, 0.3) is 32.0 Å². The number of amides is 1. The molecule has 6 rings (SSSR count). The van der Waals surface area contributed by atoms with Crippen LogP contribution in [0.2, 0.25) is 0 Å². The Labute approximate surface area is 214 Å². The van der Waals surface area contributed by atoms with Crippen LogP contribution in [0.4, 0.5) is 11.4 Å². The lowest BCUT2D eigenvalue weighted by atomic mass is 10.1. The van der Waals surface area contributed by atoms with Crippen molar-refractivity contribution in [2.75, 3.05) is 11.1 Å². The molecule has 0 fully saturated rings. The first-order valence-corrected chi connectivity index (χ1v) is 13.8. The summed E-state index contributed by atoms with van der Waals surface area (Å²) in [6.07, 6.45) is 3.11. The Kier molecular flexibility index (Phi) is 5.85. The Morgan fingerprint density at radius 3 is 2.51 bits per heavy atom. The predicted octanol–water partition coefficient (Wildman–Crippen LogP) is 7.61. The van der Waals surface area contributed by atoms with Gasteiger partial charge in [-0.3, -0.25) is 4.79 Å². The number of rotatable bonds is 5. The van der Waals surface area contributed by atoms with Gasteiger partial charge >= 0.3 is 0 Å². The van der Waals surface area contributed by atoms with E-state index in [9.17, 15) is 4.79 Å². The van der Waals surface area contributed by atoms with Gasteiger partial charge in [0.25, 0.3) is 5.91 Å². The number of thioether (sulfide) groups is 1. The van der Waals surface area contributed by atoms with Crippen LogP contribution >= 0.6 is 34.4 Å². The van der Waals surface area contributed by atoms with Crippen molar-refractivity contribution in [2.45, 2.75) is 11.7 Å². The molecule has 3 aromatic heterocycles. The van der Waals surface area contributed by atoms with Gasteiger partial charge in [0, 0.05) is 10.4 Å². The van der Waals surface area contributed by atoms with Crippen molar-refractivity contribution < 1.29 is 4.79 Å². The number of fused-ring (bicyclic) bond motifs is 1. The summed E-state index contributed by atoms with van der Waals surface area (Å²) in [5.74, 6) is -0.235. The molecule has 1 unspecified atom stereocenters. The summed E-state index contributed by atoms with van der Waals surface area (Å²) in [4.78, 5) is 25.3. The van der Waals surface area contributed by atoms with E-state index in [1.165, 1.54) is 0 Å². The Balaban J connectivity index is 1.35. The van der Waals surface area contributed by atoms with Crippen molar-refractivity contribution in [2.24, 2.45) is 0 Å². The van der Waals surface area contributed by atoms with E-state index in [2.05, 4.69) is 22.9 Å². The number of carbonyl (C=O) groups is 1. The second-order valence-corrected chi connectivity index (χ2v) is 11.1. The fraction of sp³-hybridized carbons (Fsp3) is 0.0741. The molecular weight excluding hydrogens is 493 g/mol.